The van der Waals surface area contributed by atoms with Gasteiger partial charge in [0.05, 0.1) is 7.11 Å². The highest BCUT2D eigenvalue weighted by Gasteiger charge is 2.51. The lowest BCUT2D eigenvalue weighted by molar-refractivity contribution is -0.258. The molecule has 0 aliphatic carbocycles. The number of thiophene rings is 1. The molecule has 0 amide bonds. The van der Waals surface area contributed by atoms with Crippen LogP contribution in [0.15, 0.2) is 64.3 Å². The number of alkyl halides is 3. The zero-order chi connectivity index (χ0) is 26.1. The second-order valence-electron chi connectivity index (χ2n) is 8.64. The minimum atomic E-state index is -4.82. The number of nitrogens with zero attached hydrogens (tertiary/aromatic N) is 3. The lowest BCUT2D eigenvalue weighted by atomic mass is 9.94. The number of methoxy groups -OCH3 is 1. The fraction of sp³-hybridized carbons (Fsp3) is 0.375. The van der Waals surface area contributed by atoms with Crippen molar-refractivity contribution < 1.29 is 31.4 Å². The average Bonchev–Trinajstić information content (AvgIpc) is 3.40. The van der Waals surface area contributed by atoms with E-state index >= 15 is 0 Å². The van der Waals surface area contributed by atoms with E-state index in [1.54, 1.807) is 29.8 Å². The maximum atomic E-state index is 13.3. The summed E-state index contributed by atoms with van der Waals surface area (Å²) in [5.74, 6) is 0.423. The predicted molar refractivity (Wildman–Crippen MR) is 131 cm³/mol. The lowest BCUT2D eigenvalue weighted by Crippen LogP contribution is -2.55. The van der Waals surface area contributed by atoms with Crippen LogP contribution >= 0.6 is 11.3 Å². The zero-order valence-electron chi connectivity index (χ0n) is 19.6. The molecule has 0 saturated carbocycles. The second kappa shape index (κ2) is 10.0. The summed E-state index contributed by atoms with van der Waals surface area (Å²) in [5, 5.41) is 11.7. The fourth-order valence-electron chi connectivity index (χ4n) is 4.26. The summed E-state index contributed by atoms with van der Waals surface area (Å²) in [6, 6.07) is 12.1. The Labute approximate surface area is 211 Å². The summed E-state index contributed by atoms with van der Waals surface area (Å²) < 4.78 is 73.3. The van der Waals surface area contributed by atoms with Gasteiger partial charge in [-0.25, -0.2) is 13.4 Å². The van der Waals surface area contributed by atoms with E-state index < -0.39 is 21.8 Å². The first kappa shape index (κ1) is 26.4. The Morgan fingerprint density at radius 1 is 1.14 bits per heavy atom. The van der Waals surface area contributed by atoms with Crippen molar-refractivity contribution in [3.8, 4) is 5.88 Å². The van der Waals surface area contributed by atoms with Crippen LogP contribution in [0.3, 0.4) is 0 Å². The number of sulfonamides is 1. The Balaban J connectivity index is 1.66. The number of aromatic nitrogens is 1. The lowest BCUT2D eigenvalue weighted by Gasteiger charge is -2.42. The van der Waals surface area contributed by atoms with E-state index in [0.29, 0.717) is 31.5 Å². The predicted octanol–water partition coefficient (Wildman–Crippen LogP) is 4.04. The van der Waals surface area contributed by atoms with Gasteiger partial charge in [0.25, 0.3) is 10.0 Å². The van der Waals surface area contributed by atoms with Gasteiger partial charge in [0.2, 0.25) is 5.88 Å². The summed E-state index contributed by atoms with van der Waals surface area (Å²) in [6.07, 6.45) is -2.83. The molecule has 1 unspecified atom stereocenters. The molecule has 3 aromatic rings. The third kappa shape index (κ3) is 5.08. The largest absolute Gasteiger partial charge is 0.481 e. The minimum absolute atomic E-state index is 0.167. The number of ether oxygens (including phenoxy) is 1. The standard InChI is InChI=1S/C24H26F3N3O4S2/c1-23(31,24(25,26)27)18-7-9-19(10-8-18)30-13-12-29(36(32,33)21-6-4-14-35-21)16-20(30)15-17-5-3-11-28-22(17)34-2/h3-11,14,20,31H,12-13,15-16H2,1-2H3/t20-,23?/m0/s1. The van der Waals surface area contributed by atoms with Crippen molar-refractivity contribution in [2.24, 2.45) is 0 Å². The van der Waals surface area contributed by atoms with Crippen LogP contribution in [0.4, 0.5) is 18.9 Å². The Hall–Kier alpha value is -2.67. The van der Waals surface area contributed by atoms with Gasteiger partial charge in [-0.15, -0.1) is 11.3 Å². The zero-order valence-corrected chi connectivity index (χ0v) is 21.3. The number of benzene rings is 1. The molecular weight excluding hydrogens is 515 g/mol. The van der Waals surface area contributed by atoms with Gasteiger partial charge in [-0.1, -0.05) is 24.3 Å². The van der Waals surface area contributed by atoms with Crippen LogP contribution < -0.4 is 9.64 Å². The molecule has 0 spiro atoms. The van der Waals surface area contributed by atoms with Gasteiger partial charge < -0.3 is 14.7 Å². The molecule has 12 heteroatoms. The summed E-state index contributed by atoms with van der Waals surface area (Å²) in [4.78, 5) is 6.20. The Bertz CT molecular complexity index is 1280. The van der Waals surface area contributed by atoms with Crippen LogP contribution in [0.25, 0.3) is 0 Å². The summed E-state index contributed by atoms with van der Waals surface area (Å²) in [5.41, 5.74) is -1.86. The number of pyridine rings is 1. The van der Waals surface area contributed by atoms with Gasteiger partial charge in [-0.3, -0.25) is 0 Å². The monoisotopic (exact) mass is 541 g/mol. The van der Waals surface area contributed by atoms with Gasteiger partial charge in [0, 0.05) is 43.1 Å². The molecular formula is C24H26F3N3O4S2. The molecule has 1 aliphatic rings. The van der Waals surface area contributed by atoms with Crippen molar-refractivity contribution in [1.29, 1.82) is 0 Å². The average molecular weight is 542 g/mol. The normalized spacial score (nSPS) is 19.2. The number of halogens is 3. The first-order chi connectivity index (χ1) is 16.9. The van der Waals surface area contributed by atoms with Crippen LogP contribution in [-0.2, 0) is 22.0 Å². The number of anilines is 1. The van der Waals surface area contributed by atoms with E-state index in [1.165, 1.54) is 35.7 Å². The van der Waals surface area contributed by atoms with Crippen molar-refractivity contribution in [3.63, 3.8) is 0 Å². The number of hydrogen-bond acceptors (Lipinski definition) is 7. The van der Waals surface area contributed by atoms with Crippen LogP contribution in [0.1, 0.15) is 18.1 Å². The van der Waals surface area contributed by atoms with E-state index in [1.807, 2.05) is 11.0 Å². The minimum Gasteiger partial charge on any atom is -0.481 e. The smallest absolute Gasteiger partial charge is 0.421 e. The molecule has 2 atom stereocenters. The molecule has 1 fully saturated rings. The van der Waals surface area contributed by atoms with Gasteiger partial charge in [-0.2, -0.15) is 17.5 Å². The van der Waals surface area contributed by atoms with Crippen molar-refractivity contribution >= 4 is 27.0 Å². The first-order valence-corrected chi connectivity index (χ1v) is 13.4. The topological polar surface area (TPSA) is 83.0 Å². The molecule has 3 heterocycles. The van der Waals surface area contributed by atoms with Gasteiger partial charge >= 0.3 is 6.18 Å². The van der Waals surface area contributed by atoms with Crippen molar-refractivity contribution in [1.82, 2.24) is 9.29 Å². The van der Waals surface area contributed by atoms with Crippen molar-refractivity contribution in [2.45, 2.75) is 35.4 Å². The molecule has 1 N–H and O–H groups in total. The Morgan fingerprint density at radius 3 is 2.47 bits per heavy atom. The van der Waals surface area contributed by atoms with Crippen molar-refractivity contribution in [2.75, 3.05) is 31.6 Å². The first-order valence-electron chi connectivity index (χ1n) is 11.1. The SMILES string of the molecule is COc1ncccc1C[C@H]1CN(S(=O)(=O)c2cccs2)CCN1c1ccc(C(C)(O)C(F)(F)F)cc1. The number of hydrogen-bond donors (Lipinski definition) is 1. The van der Waals surface area contributed by atoms with Crippen LogP contribution in [0.5, 0.6) is 5.88 Å². The summed E-state index contributed by atoms with van der Waals surface area (Å²) in [6.45, 7) is 1.42. The van der Waals surface area contributed by atoms with Crippen LogP contribution in [0.2, 0.25) is 0 Å². The molecule has 7 nitrogen and oxygen atoms in total. The number of aliphatic hydroxyl groups is 1. The summed E-state index contributed by atoms with van der Waals surface area (Å²) in [7, 11) is -2.18. The molecule has 0 radical (unpaired) electrons. The highest BCUT2D eigenvalue weighted by molar-refractivity contribution is 7.91. The van der Waals surface area contributed by atoms with E-state index in [0.717, 1.165) is 16.9 Å². The van der Waals surface area contributed by atoms with E-state index in [2.05, 4.69) is 4.98 Å². The number of piperazine rings is 1. The quantitative estimate of drug-likeness (QED) is 0.486. The fourth-order valence-corrected chi connectivity index (χ4v) is 6.87. The molecule has 36 heavy (non-hydrogen) atoms. The molecule has 4 rings (SSSR count). The Morgan fingerprint density at radius 2 is 1.86 bits per heavy atom. The summed E-state index contributed by atoms with van der Waals surface area (Å²) >= 11 is 1.15. The molecule has 1 aromatic carbocycles. The van der Waals surface area contributed by atoms with Gasteiger partial charge in [0.1, 0.15) is 4.21 Å². The van der Waals surface area contributed by atoms with Crippen LogP contribution in [0, 0.1) is 0 Å². The molecule has 0 bridgehead atoms. The van der Waals surface area contributed by atoms with Crippen LogP contribution in [-0.4, -0.2) is 61.8 Å². The van der Waals surface area contributed by atoms with E-state index in [4.69, 9.17) is 4.74 Å². The third-order valence-corrected chi connectivity index (χ3v) is 9.58. The van der Waals surface area contributed by atoms with Gasteiger partial charge in [0.15, 0.2) is 5.60 Å². The van der Waals surface area contributed by atoms with Gasteiger partial charge in [-0.05, 0) is 48.6 Å². The molecule has 1 aliphatic heterocycles. The van der Waals surface area contributed by atoms with E-state index in [-0.39, 0.29) is 28.9 Å². The maximum Gasteiger partial charge on any atom is 0.421 e. The molecule has 1 saturated heterocycles. The van der Waals surface area contributed by atoms with Crippen molar-refractivity contribution in [3.05, 3.63) is 71.2 Å². The third-order valence-electron chi connectivity index (χ3n) is 6.35. The Kier molecular flexibility index (Phi) is 7.33. The molecule has 194 valence electrons. The molecule has 2 aromatic heterocycles. The highest BCUT2D eigenvalue weighted by Crippen LogP contribution is 2.39. The van der Waals surface area contributed by atoms with E-state index in [9.17, 15) is 26.7 Å². The number of rotatable bonds is 7. The second-order valence-corrected chi connectivity index (χ2v) is 11.7. The highest BCUT2D eigenvalue weighted by atomic mass is 32.2. The maximum absolute atomic E-state index is 13.3.